The zero-order valence-electron chi connectivity index (χ0n) is 12.4. The van der Waals surface area contributed by atoms with Crippen LogP contribution in [0.25, 0.3) is 0 Å². The Morgan fingerprint density at radius 2 is 2.00 bits per heavy atom. The fraction of sp³-hybridized carbons (Fsp3) is 0.800. The number of epoxide rings is 1. The van der Waals surface area contributed by atoms with Crippen molar-refractivity contribution in [3.05, 3.63) is 11.6 Å². The highest BCUT2D eigenvalue weighted by Gasteiger charge is 2.86. The number of hydrogen-bond donors (Lipinski definition) is 4. The van der Waals surface area contributed by atoms with Gasteiger partial charge in [0.25, 0.3) is 0 Å². The monoisotopic (exact) mass is 312 g/mol. The average molecular weight is 312 g/mol. The molecule has 122 valence electrons. The first-order valence-electron chi connectivity index (χ1n) is 7.45. The van der Waals surface area contributed by atoms with Crippen molar-refractivity contribution in [3.8, 4) is 0 Å². The van der Waals surface area contributed by atoms with Crippen LogP contribution in [-0.2, 0) is 14.3 Å². The van der Waals surface area contributed by atoms with E-state index in [2.05, 4.69) is 0 Å². The molecule has 2 saturated heterocycles. The summed E-state index contributed by atoms with van der Waals surface area (Å²) in [5, 5.41) is 41.3. The van der Waals surface area contributed by atoms with Crippen LogP contribution in [0.4, 0.5) is 0 Å². The number of rotatable bonds is 1. The Balaban J connectivity index is 1.98. The Morgan fingerprint density at radius 3 is 2.55 bits per heavy atom. The Kier molecular flexibility index (Phi) is 2.67. The zero-order valence-corrected chi connectivity index (χ0v) is 12.4. The number of aliphatic hydroxyl groups is 4. The van der Waals surface area contributed by atoms with E-state index in [-0.39, 0.29) is 6.61 Å². The minimum atomic E-state index is -1.55. The van der Waals surface area contributed by atoms with Crippen LogP contribution < -0.4 is 0 Å². The third-order valence-corrected chi connectivity index (χ3v) is 6.51. The van der Waals surface area contributed by atoms with Gasteiger partial charge >= 0.3 is 0 Å². The first kappa shape index (κ1) is 14.7. The van der Waals surface area contributed by atoms with Crippen LogP contribution in [0.1, 0.15) is 13.8 Å². The van der Waals surface area contributed by atoms with Gasteiger partial charge in [-0.2, -0.15) is 0 Å². The van der Waals surface area contributed by atoms with Gasteiger partial charge in [0.15, 0.2) is 5.78 Å². The smallest absolute Gasteiger partial charge is 0.177 e. The second-order valence-corrected chi connectivity index (χ2v) is 7.10. The van der Waals surface area contributed by atoms with E-state index in [0.717, 1.165) is 0 Å². The number of hydrogen-bond acceptors (Lipinski definition) is 7. The largest absolute Gasteiger partial charge is 0.395 e. The molecule has 4 N–H and O–H groups in total. The van der Waals surface area contributed by atoms with E-state index in [1.54, 1.807) is 19.9 Å². The second kappa shape index (κ2) is 3.98. The van der Waals surface area contributed by atoms with Gasteiger partial charge in [0.1, 0.15) is 23.9 Å². The Labute approximate surface area is 127 Å². The van der Waals surface area contributed by atoms with Crippen LogP contribution >= 0.6 is 0 Å². The number of aliphatic hydroxyl groups excluding tert-OH is 4. The third kappa shape index (κ3) is 1.18. The van der Waals surface area contributed by atoms with Crippen LogP contribution in [0, 0.1) is 10.8 Å². The van der Waals surface area contributed by atoms with Crippen molar-refractivity contribution in [2.24, 2.45) is 10.8 Å². The molecule has 1 saturated carbocycles. The maximum Gasteiger partial charge on any atom is 0.177 e. The van der Waals surface area contributed by atoms with Crippen LogP contribution in [0.5, 0.6) is 0 Å². The van der Waals surface area contributed by atoms with Crippen molar-refractivity contribution in [3.63, 3.8) is 0 Å². The molecule has 8 unspecified atom stereocenters. The Hall–Kier alpha value is -0.830. The molecule has 4 aliphatic rings. The van der Waals surface area contributed by atoms with Gasteiger partial charge in [-0.3, -0.25) is 4.79 Å². The summed E-state index contributed by atoms with van der Waals surface area (Å²) in [5.41, 5.74) is -3.34. The molecule has 0 aromatic carbocycles. The molecule has 22 heavy (non-hydrogen) atoms. The fourth-order valence-corrected chi connectivity index (χ4v) is 4.96. The fourth-order valence-electron chi connectivity index (χ4n) is 4.96. The molecule has 2 bridgehead atoms. The van der Waals surface area contributed by atoms with Crippen molar-refractivity contribution >= 4 is 5.78 Å². The van der Waals surface area contributed by atoms with Gasteiger partial charge in [0.05, 0.1) is 30.8 Å². The lowest BCUT2D eigenvalue weighted by atomic mass is 9.50. The van der Waals surface area contributed by atoms with Crippen LogP contribution in [0.3, 0.4) is 0 Å². The van der Waals surface area contributed by atoms with Crippen LogP contribution in [0.2, 0.25) is 0 Å². The van der Waals surface area contributed by atoms with Crippen LogP contribution in [0.15, 0.2) is 11.6 Å². The van der Waals surface area contributed by atoms with Crippen molar-refractivity contribution in [2.45, 2.75) is 50.0 Å². The van der Waals surface area contributed by atoms with Crippen molar-refractivity contribution < 1.29 is 34.7 Å². The van der Waals surface area contributed by atoms with Crippen LogP contribution in [-0.4, -0.2) is 75.5 Å². The standard InChI is InChI=1S/C15H20O7/c1-6-3-7-14(4-16,11(20)8(6)17)13(2)10(19)9(18)12(22-7)15(13)5-21-15/h3,7-10,12,16-19H,4-5H2,1-2H3. The Morgan fingerprint density at radius 1 is 1.36 bits per heavy atom. The first-order valence-corrected chi connectivity index (χ1v) is 7.45. The number of ketones is 1. The SMILES string of the molecule is CC1=CC2OC3C(O)C(O)C(C)(C34CO4)C2(CO)C(=O)C1O. The molecular weight excluding hydrogens is 292 g/mol. The summed E-state index contributed by atoms with van der Waals surface area (Å²) in [6.45, 7) is 2.89. The highest BCUT2D eigenvalue weighted by atomic mass is 16.6. The third-order valence-electron chi connectivity index (χ3n) is 6.51. The number of ether oxygens (including phenoxy) is 2. The topological polar surface area (TPSA) is 120 Å². The molecule has 2 aliphatic carbocycles. The first-order chi connectivity index (χ1) is 10.3. The lowest BCUT2D eigenvalue weighted by molar-refractivity contribution is -0.224. The quantitative estimate of drug-likeness (QED) is 0.331. The van der Waals surface area contributed by atoms with E-state index in [0.29, 0.717) is 5.57 Å². The van der Waals surface area contributed by atoms with E-state index < -0.39 is 59.3 Å². The van der Waals surface area contributed by atoms with Gasteiger partial charge in [-0.05, 0) is 12.5 Å². The summed E-state index contributed by atoms with van der Waals surface area (Å²) in [6.07, 6.45) is -3.83. The molecule has 2 aliphatic heterocycles. The van der Waals surface area contributed by atoms with Gasteiger partial charge in [0, 0.05) is 5.41 Å². The lowest BCUT2D eigenvalue weighted by Gasteiger charge is -2.56. The molecule has 2 heterocycles. The number of fused-ring (bicyclic) bond motifs is 2. The predicted octanol–water partition coefficient (Wildman–Crippen LogP) is -1.87. The van der Waals surface area contributed by atoms with E-state index in [9.17, 15) is 25.2 Å². The maximum atomic E-state index is 12.9. The number of carbonyl (C=O) groups excluding carboxylic acids is 1. The van der Waals surface area contributed by atoms with Gasteiger partial charge < -0.3 is 29.9 Å². The van der Waals surface area contributed by atoms with E-state index >= 15 is 0 Å². The highest BCUT2D eigenvalue weighted by Crippen LogP contribution is 2.70. The summed E-state index contributed by atoms with van der Waals surface area (Å²) in [4.78, 5) is 12.9. The highest BCUT2D eigenvalue weighted by molar-refractivity contribution is 5.95. The number of Topliss-reactive ketones (excluding diaryl/α,β-unsaturated/α-hetero) is 1. The van der Waals surface area contributed by atoms with Gasteiger partial charge in [-0.15, -0.1) is 0 Å². The van der Waals surface area contributed by atoms with Crippen molar-refractivity contribution in [1.82, 2.24) is 0 Å². The zero-order chi connectivity index (χ0) is 16.1. The van der Waals surface area contributed by atoms with Crippen molar-refractivity contribution in [2.75, 3.05) is 13.2 Å². The summed E-state index contributed by atoms with van der Waals surface area (Å²) in [6, 6.07) is 0. The molecule has 0 radical (unpaired) electrons. The molecule has 8 atom stereocenters. The summed E-state index contributed by atoms with van der Waals surface area (Å²) in [5.74, 6) is -0.594. The van der Waals surface area contributed by atoms with Gasteiger partial charge in [-0.1, -0.05) is 13.0 Å². The molecule has 0 aromatic rings. The predicted molar refractivity (Wildman–Crippen MR) is 71.8 cm³/mol. The summed E-state index contributed by atoms with van der Waals surface area (Å²) >= 11 is 0. The summed E-state index contributed by atoms with van der Waals surface area (Å²) < 4.78 is 11.4. The summed E-state index contributed by atoms with van der Waals surface area (Å²) in [7, 11) is 0. The lowest BCUT2D eigenvalue weighted by Crippen LogP contribution is -2.71. The second-order valence-electron chi connectivity index (χ2n) is 7.10. The molecular formula is C15H20O7. The number of carbonyl (C=O) groups is 1. The van der Waals surface area contributed by atoms with E-state index in [1.807, 2.05) is 0 Å². The molecule has 1 spiro atoms. The van der Waals surface area contributed by atoms with E-state index in [1.165, 1.54) is 0 Å². The molecule has 4 rings (SSSR count). The van der Waals surface area contributed by atoms with Gasteiger partial charge in [-0.25, -0.2) is 0 Å². The molecule has 3 fully saturated rings. The van der Waals surface area contributed by atoms with E-state index in [4.69, 9.17) is 9.47 Å². The average Bonchev–Trinajstić information content (AvgIpc) is 3.27. The minimum Gasteiger partial charge on any atom is -0.395 e. The van der Waals surface area contributed by atoms with Crippen molar-refractivity contribution in [1.29, 1.82) is 0 Å². The molecule has 7 heteroatoms. The minimum absolute atomic E-state index is 0.239. The Bertz CT molecular complexity index is 582. The molecule has 0 amide bonds. The molecule has 0 aromatic heterocycles. The maximum absolute atomic E-state index is 12.9. The molecule has 7 nitrogen and oxygen atoms in total. The van der Waals surface area contributed by atoms with Gasteiger partial charge in [0.2, 0.25) is 0 Å². The normalized spacial score (nSPS) is 59.5.